The number of nitrogens with one attached hydrogen (secondary N) is 1. The van der Waals surface area contributed by atoms with Gasteiger partial charge in [-0.15, -0.1) is 11.8 Å². The van der Waals surface area contributed by atoms with Crippen molar-refractivity contribution in [3.05, 3.63) is 59.4 Å². The molecular formula is C22H22N2O4S. The van der Waals surface area contributed by atoms with Gasteiger partial charge in [0.25, 0.3) is 5.91 Å². The highest BCUT2D eigenvalue weighted by atomic mass is 32.2. The van der Waals surface area contributed by atoms with E-state index >= 15 is 0 Å². The van der Waals surface area contributed by atoms with Crippen LogP contribution >= 0.6 is 11.8 Å². The minimum absolute atomic E-state index is 0.192. The maximum absolute atomic E-state index is 13.2. The van der Waals surface area contributed by atoms with Crippen molar-refractivity contribution in [2.75, 3.05) is 24.1 Å². The molecule has 150 valence electrons. The van der Waals surface area contributed by atoms with Crippen molar-refractivity contribution in [3.63, 3.8) is 0 Å². The zero-order valence-corrected chi connectivity index (χ0v) is 17.3. The number of thioether (sulfide) groups is 1. The Hall–Kier alpha value is -2.93. The van der Waals surface area contributed by atoms with Crippen LogP contribution in [0, 0.1) is 13.8 Å². The fraction of sp³-hybridized carbons (Fsp3) is 0.273. The van der Waals surface area contributed by atoms with Crippen LogP contribution in [-0.4, -0.2) is 41.5 Å². The second-order valence-corrected chi connectivity index (χ2v) is 8.06. The van der Waals surface area contributed by atoms with Gasteiger partial charge >= 0.3 is 0 Å². The minimum Gasteiger partial charge on any atom is -0.497 e. The van der Waals surface area contributed by atoms with E-state index in [0.29, 0.717) is 23.0 Å². The predicted octanol–water partition coefficient (Wildman–Crippen LogP) is 4.21. The number of carbonyl (C=O) groups is 2. The average molecular weight is 410 g/mol. The van der Waals surface area contributed by atoms with Crippen LogP contribution in [0.5, 0.6) is 5.75 Å². The molecule has 0 bridgehead atoms. The highest BCUT2D eigenvalue weighted by molar-refractivity contribution is 7.99. The third-order valence-electron chi connectivity index (χ3n) is 5.10. The van der Waals surface area contributed by atoms with E-state index in [1.54, 1.807) is 35.9 Å². The summed E-state index contributed by atoms with van der Waals surface area (Å²) in [6.45, 7) is 3.84. The van der Waals surface area contributed by atoms with Crippen molar-refractivity contribution in [3.8, 4) is 5.75 Å². The summed E-state index contributed by atoms with van der Waals surface area (Å²) in [5.74, 6) is 1.51. The van der Waals surface area contributed by atoms with Crippen LogP contribution in [0.1, 0.15) is 21.7 Å². The lowest BCUT2D eigenvalue weighted by atomic mass is 10.1. The Balaban J connectivity index is 1.57. The highest BCUT2D eigenvalue weighted by Crippen LogP contribution is 2.32. The molecule has 0 aliphatic carbocycles. The van der Waals surface area contributed by atoms with Crippen LogP contribution in [0.4, 0.5) is 5.69 Å². The molecule has 1 fully saturated rings. The molecule has 0 radical (unpaired) electrons. The van der Waals surface area contributed by atoms with E-state index in [-0.39, 0.29) is 17.6 Å². The summed E-state index contributed by atoms with van der Waals surface area (Å²) >= 11 is 1.56. The second kappa shape index (κ2) is 7.83. The molecule has 2 aromatic carbocycles. The normalized spacial score (nSPS) is 16.2. The summed E-state index contributed by atoms with van der Waals surface area (Å²) in [5, 5.41) is 3.74. The number of amides is 2. The quantitative estimate of drug-likeness (QED) is 0.698. The van der Waals surface area contributed by atoms with E-state index in [4.69, 9.17) is 9.15 Å². The van der Waals surface area contributed by atoms with Gasteiger partial charge in [0.2, 0.25) is 5.91 Å². The Bertz CT molecular complexity index is 1070. The van der Waals surface area contributed by atoms with E-state index < -0.39 is 6.04 Å². The SMILES string of the molecule is COc1ccc2oc(C(=O)N3CSCC3C(=O)Nc3ccc(C)cc3)c(C)c2c1. The van der Waals surface area contributed by atoms with Gasteiger partial charge in [0, 0.05) is 22.4 Å². The number of hydrogen-bond donors (Lipinski definition) is 1. The maximum Gasteiger partial charge on any atom is 0.291 e. The lowest BCUT2D eigenvalue weighted by Gasteiger charge is -2.22. The van der Waals surface area contributed by atoms with Gasteiger partial charge < -0.3 is 19.4 Å². The molecule has 0 saturated carbocycles. The number of aryl methyl sites for hydroxylation is 2. The monoisotopic (exact) mass is 410 g/mol. The van der Waals surface area contributed by atoms with Crippen LogP contribution in [-0.2, 0) is 4.79 Å². The van der Waals surface area contributed by atoms with E-state index in [1.165, 1.54) is 0 Å². The van der Waals surface area contributed by atoms with Gasteiger partial charge in [-0.3, -0.25) is 9.59 Å². The van der Waals surface area contributed by atoms with Gasteiger partial charge in [0.15, 0.2) is 5.76 Å². The zero-order chi connectivity index (χ0) is 20.5. The number of hydrogen-bond acceptors (Lipinski definition) is 5. The number of anilines is 1. The van der Waals surface area contributed by atoms with Gasteiger partial charge in [0.1, 0.15) is 17.4 Å². The first-order valence-corrected chi connectivity index (χ1v) is 10.5. The Morgan fingerprint density at radius 2 is 1.93 bits per heavy atom. The molecule has 1 aromatic heterocycles. The fourth-order valence-electron chi connectivity index (χ4n) is 3.38. The fourth-order valence-corrected chi connectivity index (χ4v) is 4.54. The topological polar surface area (TPSA) is 71.8 Å². The molecule has 29 heavy (non-hydrogen) atoms. The molecular weight excluding hydrogens is 388 g/mol. The third-order valence-corrected chi connectivity index (χ3v) is 6.11. The second-order valence-electron chi connectivity index (χ2n) is 7.06. The molecule has 6 nitrogen and oxygen atoms in total. The number of ether oxygens (including phenoxy) is 1. The third kappa shape index (κ3) is 3.70. The van der Waals surface area contributed by atoms with Gasteiger partial charge in [-0.1, -0.05) is 17.7 Å². The highest BCUT2D eigenvalue weighted by Gasteiger charge is 2.37. The molecule has 0 spiro atoms. The van der Waals surface area contributed by atoms with Crippen molar-refractivity contribution in [2.24, 2.45) is 0 Å². The molecule has 1 aliphatic heterocycles. The number of rotatable bonds is 4. The number of nitrogens with zero attached hydrogens (tertiary/aromatic N) is 1. The lowest BCUT2D eigenvalue weighted by molar-refractivity contribution is -0.119. The molecule has 2 amide bonds. The molecule has 1 saturated heterocycles. The number of methoxy groups -OCH3 is 1. The van der Waals surface area contributed by atoms with Gasteiger partial charge in [-0.2, -0.15) is 0 Å². The van der Waals surface area contributed by atoms with Crippen LogP contribution in [0.3, 0.4) is 0 Å². The van der Waals surface area contributed by atoms with Gasteiger partial charge in [0.05, 0.1) is 13.0 Å². The predicted molar refractivity (Wildman–Crippen MR) is 115 cm³/mol. The molecule has 7 heteroatoms. The number of fused-ring (bicyclic) bond motifs is 1. The van der Waals surface area contributed by atoms with E-state index in [9.17, 15) is 9.59 Å². The Morgan fingerprint density at radius 3 is 2.66 bits per heavy atom. The van der Waals surface area contributed by atoms with E-state index in [0.717, 1.165) is 22.2 Å². The molecule has 1 unspecified atom stereocenters. The summed E-state index contributed by atoms with van der Waals surface area (Å²) < 4.78 is 11.1. The molecule has 3 aromatic rings. The van der Waals surface area contributed by atoms with E-state index in [2.05, 4.69) is 5.32 Å². The van der Waals surface area contributed by atoms with Crippen LogP contribution in [0.2, 0.25) is 0 Å². The van der Waals surface area contributed by atoms with Crippen molar-refractivity contribution < 1.29 is 18.7 Å². The van der Waals surface area contributed by atoms with Crippen LogP contribution < -0.4 is 10.1 Å². The summed E-state index contributed by atoms with van der Waals surface area (Å²) in [6.07, 6.45) is 0. The average Bonchev–Trinajstić information content (AvgIpc) is 3.34. The van der Waals surface area contributed by atoms with Crippen molar-refractivity contribution in [1.82, 2.24) is 4.90 Å². The molecule has 1 N–H and O–H groups in total. The van der Waals surface area contributed by atoms with Gasteiger partial charge in [-0.25, -0.2) is 0 Å². The summed E-state index contributed by atoms with van der Waals surface area (Å²) in [7, 11) is 1.60. The standard InChI is InChI=1S/C22H22N2O4S/c1-13-4-6-15(7-5-13)23-21(25)18-11-29-12-24(18)22(26)20-14(2)17-10-16(27-3)8-9-19(17)28-20/h4-10,18H,11-12H2,1-3H3,(H,23,25). The lowest BCUT2D eigenvalue weighted by Crippen LogP contribution is -2.44. The molecule has 2 heterocycles. The molecule has 4 rings (SSSR count). The first-order valence-electron chi connectivity index (χ1n) is 9.31. The van der Waals surface area contributed by atoms with Crippen molar-refractivity contribution in [1.29, 1.82) is 0 Å². The first kappa shape index (κ1) is 19.4. The Labute approximate surface area is 173 Å². The summed E-state index contributed by atoms with van der Waals surface area (Å²) in [6, 6.07) is 12.5. The molecule has 1 aliphatic rings. The van der Waals surface area contributed by atoms with Crippen molar-refractivity contribution in [2.45, 2.75) is 19.9 Å². The number of benzene rings is 2. The summed E-state index contributed by atoms with van der Waals surface area (Å²) in [4.78, 5) is 27.6. The van der Waals surface area contributed by atoms with Crippen molar-refractivity contribution >= 4 is 40.2 Å². The number of furan rings is 1. The number of carbonyl (C=O) groups excluding carboxylic acids is 2. The smallest absolute Gasteiger partial charge is 0.291 e. The largest absolute Gasteiger partial charge is 0.497 e. The van der Waals surface area contributed by atoms with Crippen LogP contribution in [0.15, 0.2) is 46.9 Å². The first-order chi connectivity index (χ1) is 14.0. The van der Waals surface area contributed by atoms with Gasteiger partial charge in [-0.05, 0) is 44.2 Å². The summed E-state index contributed by atoms with van der Waals surface area (Å²) in [5.41, 5.74) is 3.21. The Kier molecular flexibility index (Phi) is 5.24. The Morgan fingerprint density at radius 1 is 1.17 bits per heavy atom. The van der Waals surface area contributed by atoms with E-state index in [1.807, 2.05) is 44.2 Å². The van der Waals surface area contributed by atoms with Crippen LogP contribution in [0.25, 0.3) is 11.0 Å². The molecule has 1 atom stereocenters. The minimum atomic E-state index is -0.545. The zero-order valence-electron chi connectivity index (χ0n) is 16.5. The maximum atomic E-state index is 13.2.